The van der Waals surface area contributed by atoms with Crippen LogP contribution in [0, 0.1) is 6.92 Å². The van der Waals surface area contributed by atoms with E-state index in [-0.39, 0.29) is 10.9 Å². The van der Waals surface area contributed by atoms with Crippen LogP contribution in [-0.2, 0) is 6.54 Å². The number of aryl methyl sites for hydroxylation is 1. The van der Waals surface area contributed by atoms with Gasteiger partial charge in [-0.2, -0.15) is 0 Å². The van der Waals surface area contributed by atoms with Gasteiger partial charge in [0.05, 0.1) is 34.0 Å². The van der Waals surface area contributed by atoms with Crippen molar-refractivity contribution in [2.45, 2.75) is 13.5 Å². The van der Waals surface area contributed by atoms with Crippen molar-refractivity contribution in [3.8, 4) is 0 Å². The zero-order valence-electron chi connectivity index (χ0n) is 13.4. The Hall–Kier alpha value is -1.56. The fraction of sp³-hybridized carbons (Fsp3) is 0.375. The number of nitrogens with one attached hydrogen (secondary N) is 1. The summed E-state index contributed by atoms with van der Waals surface area (Å²) in [5.74, 6) is 0.674. The maximum Gasteiger partial charge on any atom is 0.255 e. The molecule has 1 amide bonds. The number of carbonyl (C=O) groups excluding carboxylic acids is 1. The van der Waals surface area contributed by atoms with Crippen LogP contribution in [-0.4, -0.2) is 52.9 Å². The molecule has 124 valence electrons. The van der Waals surface area contributed by atoms with E-state index in [1.54, 1.807) is 29.3 Å². The summed E-state index contributed by atoms with van der Waals surface area (Å²) in [6.45, 7) is 3.64. The second kappa shape index (κ2) is 7.81. The molecule has 1 heterocycles. The van der Waals surface area contributed by atoms with Gasteiger partial charge in [-0.1, -0.05) is 29.3 Å². The van der Waals surface area contributed by atoms with E-state index in [4.69, 9.17) is 23.2 Å². The highest BCUT2D eigenvalue weighted by Gasteiger charge is 2.20. The molecule has 0 unspecified atom stereocenters. The van der Waals surface area contributed by atoms with Crippen LogP contribution in [0.25, 0.3) is 0 Å². The average molecular weight is 355 g/mol. The number of aromatic nitrogens is 2. The van der Waals surface area contributed by atoms with Crippen LogP contribution < -0.4 is 0 Å². The Bertz CT molecular complexity index is 684. The van der Waals surface area contributed by atoms with Gasteiger partial charge in [-0.15, -0.1) is 0 Å². The molecule has 2 aromatic rings. The SMILES string of the molecule is Cc1ncc(CN(CCN(C)C)C(=O)c2cccc(Cl)c2Cl)[nH]1. The number of halogens is 2. The Morgan fingerprint density at radius 1 is 1.26 bits per heavy atom. The first-order valence-electron chi connectivity index (χ1n) is 7.27. The topological polar surface area (TPSA) is 52.2 Å². The van der Waals surface area contributed by atoms with E-state index >= 15 is 0 Å². The number of hydrogen-bond acceptors (Lipinski definition) is 3. The Morgan fingerprint density at radius 2 is 2.00 bits per heavy atom. The van der Waals surface area contributed by atoms with Gasteiger partial charge >= 0.3 is 0 Å². The highest BCUT2D eigenvalue weighted by Crippen LogP contribution is 2.26. The van der Waals surface area contributed by atoms with E-state index in [9.17, 15) is 4.79 Å². The lowest BCUT2D eigenvalue weighted by Crippen LogP contribution is -2.36. The van der Waals surface area contributed by atoms with E-state index in [2.05, 4.69) is 9.97 Å². The van der Waals surface area contributed by atoms with E-state index < -0.39 is 0 Å². The van der Waals surface area contributed by atoms with E-state index in [0.29, 0.717) is 23.7 Å². The van der Waals surface area contributed by atoms with Gasteiger partial charge < -0.3 is 14.8 Å². The number of nitrogens with zero attached hydrogens (tertiary/aromatic N) is 3. The maximum atomic E-state index is 12.9. The van der Waals surface area contributed by atoms with Crippen LogP contribution in [0.4, 0.5) is 0 Å². The number of H-pyrrole nitrogens is 1. The lowest BCUT2D eigenvalue weighted by atomic mass is 10.2. The van der Waals surface area contributed by atoms with Crippen LogP contribution in [0.15, 0.2) is 24.4 Å². The molecule has 2 rings (SSSR count). The van der Waals surface area contributed by atoms with Crippen molar-refractivity contribution in [1.82, 2.24) is 19.8 Å². The molecule has 0 saturated heterocycles. The van der Waals surface area contributed by atoms with E-state index in [0.717, 1.165) is 18.1 Å². The molecule has 0 radical (unpaired) electrons. The molecule has 0 aliphatic carbocycles. The minimum Gasteiger partial charge on any atom is -0.345 e. The summed E-state index contributed by atoms with van der Waals surface area (Å²) >= 11 is 12.2. The number of hydrogen-bond donors (Lipinski definition) is 1. The number of rotatable bonds is 6. The third-order valence-electron chi connectivity index (χ3n) is 3.40. The van der Waals surface area contributed by atoms with Crippen molar-refractivity contribution in [2.24, 2.45) is 0 Å². The molecule has 0 saturated carbocycles. The van der Waals surface area contributed by atoms with E-state index in [1.165, 1.54) is 0 Å². The number of imidazole rings is 1. The van der Waals surface area contributed by atoms with Gasteiger partial charge in [-0.05, 0) is 33.2 Å². The summed E-state index contributed by atoms with van der Waals surface area (Å²) in [6, 6.07) is 5.09. The second-order valence-corrected chi connectivity index (χ2v) is 6.41. The first-order chi connectivity index (χ1) is 10.9. The van der Waals surface area contributed by atoms with Crippen molar-refractivity contribution in [1.29, 1.82) is 0 Å². The van der Waals surface area contributed by atoms with Crippen molar-refractivity contribution < 1.29 is 4.79 Å². The highest BCUT2D eigenvalue weighted by molar-refractivity contribution is 6.43. The molecule has 0 fully saturated rings. The summed E-state index contributed by atoms with van der Waals surface area (Å²) in [5, 5.41) is 0.664. The molecule has 1 N–H and O–H groups in total. The van der Waals surface area contributed by atoms with E-state index in [1.807, 2.05) is 25.9 Å². The van der Waals surface area contributed by atoms with Crippen molar-refractivity contribution in [2.75, 3.05) is 27.2 Å². The maximum absolute atomic E-state index is 12.9. The molecule has 0 spiro atoms. The van der Waals surface area contributed by atoms with Crippen molar-refractivity contribution in [3.05, 3.63) is 51.5 Å². The molecular weight excluding hydrogens is 335 g/mol. The van der Waals surface area contributed by atoms with Crippen LogP contribution in [0.5, 0.6) is 0 Å². The molecular formula is C16H20Cl2N4O. The van der Waals surface area contributed by atoms with Gasteiger partial charge in [0.25, 0.3) is 5.91 Å². The van der Waals surface area contributed by atoms with Crippen molar-refractivity contribution >= 4 is 29.1 Å². The van der Waals surface area contributed by atoms with Gasteiger partial charge in [0.1, 0.15) is 5.82 Å². The van der Waals surface area contributed by atoms with Crippen LogP contribution in [0.1, 0.15) is 21.9 Å². The molecule has 0 aliphatic heterocycles. The molecule has 5 nitrogen and oxygen atoms in total. The minimum absolute atomic E-state index is 0.147. The smallest absolute Gasteiger partial charge is 0.255 e. The Morgan fingerprint density at radius 3 is 2.61 bits per heavy atom. The van der Waals surface area contributed by atoms with Crippen LogP contribution in [0.2, 0.25) is 10.0 Å². The zero-order chi connectivity index (χ0) is 17.0. The lowest BCUT2D eigenvalue weighted by molar-refractivity contribution is 0.0730. The first kappa shape index (κ1) is 17.8. The summed E-state index contributed by atoms with van der Waals surface area (Å²) in [4.78, 5) is 24.0. The predicted molar refractivity (Wildman–Crippen MR) is 93.1 cm³/mol. The largest absolute Gasteiger partial charge is 0.345 e. The van der Waals surface area contributed by atoms with Gasteiger partial charge in [-0.3, -0.25) is 4.79 Å². The summed E-state index contributed by atoms with van der Waals surface area (Å²) < 4.78 is 0. The molecule has 0 aliphatic rings. The molecule has 1 aromatic heterocycles. The third kappa shape index (κ3) is 4.70. The van der Waals surface area contributed by atoms with Gasteiger partial charge in [0.2, 0.25) is 0 Å². The quantitative estimate of drug-likeness (QED) is 0.866. The summed E-state index contributed by atoms with van der Waals surface area (Å²) in [5.41, 5.74) is 1.29. The number of aromatic amines is 1. The third-order valence-corrected chi connectivity index (χ3v) is 4.22. The molecule has 0 bridgehead atoms. The molecule has 1 aromatic carbocycles. The molecule has 0 atom stereocenters. The molecule has 7 heteroatoms. The van der Waals surface area contributed by atoms with Crippen LogP contribution in [0.3, 0.4) is 0 Å². The summed E-state index contributed by atoms with van der Waals surface area (Å²) in [6.07, 6.45) is 1.74. The standard InChI is InChI=1S/C16H20Cl2N4O/c1-11-19-9-12(20-11)10-22(8-7-21(2)3)16(23)13-5-4-6-14(17)15(13)18/h4-6,9H,7-8,10H2,1-3H3,(H,19,20). The summed E-state index contributed by atoms with van der Waals surface area (Å²) in [7, 11) is 3.94. The van der Waals surface area contributed by atoms with Crippen LogP contribution >= 0.6 is 23.2 Å². The fourth-order valence-electron chi connectivity index (χ4n) is 2.17. The number of benzene rings is 1. The highest BCUT2D eigenvalue weighted by atomic mass is 35.5. The average Bonchev–Trinajstić information content (AvgIpc) is 2.90. The fourth-order valence-corrected chi connectivity index (χ4v) is 2.55. The lowest BCUT2D eigenvalue weighted by Gasteiger charge is -2.24. The normalized spacial score (nSPS) is 11.0. The number of likely N-dealkylation sites (N-methyl/N-ethyl adjacent to an activating group) is 1. The Balaban J connectivity index is 2.24. The molecule has 23 heavy (non-hydrogen) atoms. The second-order valence-electron chi connectivity index (χ2n) is 5.63. The Labute approximate surface area is 146 Å². The zero-order valence-corrected chi connectivity index (χ0v) is 14.9. The van der Waals surface area contributed by atoms with Gasteiger partial charge in [0.15, 0.2) is 0 Å². The van der Waals surface area contributed by atoms with Crippen molar-refractivity contribution in [3.63, 3.8) is 0 Å². The first-order valence-corrected chi connectivity index (χ1v) is 8.02. The predicted octanol–water partition coefficient (Wildman–Crippen LogP) is 3.23. The monoisotopic (exact) mass is 354 g/mol. The van der Waals surface area contributed by atoms with Gasteiger partial charge in [-0.25, -0.2) is 4.98 Å². The number of amides is 1. The van der Waals surface area contributed by atoms with Gasteiger partial charge in [0, 0.05) is 13.1 Å². The minimum atomic E-state index is -0.147. The number of carbonyl (C=O) groups is 1. The Kier molecular flexibility index (Phi) is 6.04.